The lowest BCUT2D eigenvalue weighted by Gasteiger charge is -2.39. The number of carbonyl (C=O) groups excluding carboxylic acids is 3. The molecule has 2 saturated carbocycles. The van der Waals surface area contributed by atoms with Gasteiger partial charge in [0, 0.05) is 17.8 Å². The van der Waals surface area contributed by atoms with Gasteiger partial charge in [-0.1, -0.05) is 63.5 Å². The number of halogens is 1. The molecule has 7 nitrogen and oxygen atoms in total. The molecule has 2 aliphatic carbocycles. The van der Waals surface area contributed by atoms with Crippen LogP contribution in [0.15, 0.2) is 36.4 Å². The lowest BCUT2D eigenvalue weighted by Crippen LogP contribution is -2.58. The molecule has 3 unspecified atom stereocenters. The van der Waals surface area contributed by atoms with Crippen molar-refractivity contribution in [2.24, 2.45) is 11.8 Å². The molecular weight excluding hydrogens is 497 g/mol. The molecule has 0 aromatic heterocycles. The molecule has 39 heavy (non-hydrogen) atoms. The van der Waals surface area contributed by atoms with Gasteiger partial charge in [-0.25, -0.2) is 4.39 Å². The first-order chi connectivity index (χ1) is 18.8. The quantitative estimate of drug-likeness (QED) is 0.525. The number of rotatable bonds is 5. The van der Waals surface area contributed by atoms with Crippen LogP contribution in [0.3, 0.4) is 0 Å². The highest BCUT2D eigenvalue weighted by atomic mass is 19.1. The van der Waals surface area contributed by atoms with Crippen LogP contribution in [0.4, 0.5) is 10.1 Å². The smallest absolute Gasteiger partial charge is 0.246 e. The monoisotopic (exact) mass is 537 g/mol. The van der Waals surface area contributed by atoms with Crippen molar-refractivity contribution in [2.75, 3.05) is 5.32 Å². The number of hydrogen-bond acceptors (Lipinski definition) is 4. The zero-order valence-corrected chi connectivity index (χ0v) is 22.8. The number of benzene rings is 1. The van der Waals surface area contributed by atoms with Crippen molar-refractivity contribution >= 4 is 23.4 Å². The fourth-order valence-electron chi connectivity index (χ4n) is 7.95. The van der Waals surface area contributed by atoms with Crippen LogP contribution >= 0.6 is 0 Å². The summed E-state index contributed by atoms with van der Waals surface area (Å²) in [6.07, 6.45) is 16.2. The highest BCUT2D eigenvalue weighted by Crippen LogP contribution is 2.60. The van der Waals surface area contributed by atoms with E-state index in [0.717, 1.165) is 64.2 Å². The van der Waals surface area contributed by atoms with Crippen LogP contribution in [0.1, 0.15) is 84.0 Å². The fourth-order valence-corrected chi connectivity index (χ4v) is 7.95. The summed E-state index contributed by atoms with van der Waals surface area (Å²) in [4.78, 5) is 44.2. The van der Waals surface area contributed by atoms with E-state index in [1.807, 2.05) is 24.0 Å². The molecule has 3 aliphatic heterocycles. The summed E-state index contributed by atoms with van der Waals surface area (Å²) >= 11 is 0. The van der Waals surface area contributed by atoms with E-state index in [0.29, 0.717) is 5.69 Å². The molecule has 2 bridgehead atoms. The molecule has 2 saturated heterocycles. The number of nitrogens with zero attached hydrogens (tertiary/aromatic N) is 1. The van der Waals surface area contributed by atoms with E-state index in [1.54, 1.807) is 0 Å². The third kappa shape index (κ3) is 4.58. The Morgan fingerprint density at radius 1 is 0.897 bits per heavy atom. The third-order valence-corrected chi connectivity index (χ3v) is 9.80. The second-order valence-electron chi connectivity index (χ2n) is 12.4. The molecule has 2 N–H and O–H groups in total. The van der Waals surface area contributed by atoms with Gasteiger partial charge in [0.2, 0.25) is 17.7 Å². The molecule has 210 valence electrons. The Morgan fingerprint density at radius 3 is 2.21 bits per heavy atom. The van der Waals surface area contributed by atoms with Crippen LogP contribution in [0.25, 0.3) is 0 Å². The van der Waals surface area contributed by atoms with E-state index in [-0.39, 0.29) is 29.8 Å². The molecule has 8 heteroatoms. The third-order valence-electron chi connectivity index (χ3n) is 9.80. The Kier molecular flexibility index (Phi) is 7.02. The summed E-state index contributed by atoms with van der Waals surface area (Å²) in [6.45, 7) is 1.83. The van der Waals surface area contributed by atoms with Crippen LogP contribution in [-0.2, 0) is 19.1 Å². The Morgan fingerprint density at radius 2 is 1.51 bits per heavy atom. The van der Waals surface area contributed by atoms with Gasteiger partial charge < -0.3 is 20.3 Å². The summed E-state index contributed by atoms with van der Waals surface area (Å²) < 4.78 is 20.1. The van der Waals surface area contributed by atoms with E-state index < -0.39 is 34.9 Å². The number of hydrogen-bond donors (Lipinski definition) is 2. The minimum atomic E-state index is -1.18. The van der Waals surface area contributed by atoms with E-state index in [9.17, 15) is 18.8 Å². The predicted octanol–water partition coefficient (Wildman–Crippen LogP) is 4.87. The first-order valence-corrected chi connectivity index (χ1v) is 14.9. The van der Waals surface area contributed by atoms with Gasteiger partial charge in [0.1, 0.15) is 17.5 Å². The Balaban J connectivity index is 1.34. The minimum Gasteiger partial charge on any atom is -0.356 e. The minimum absolute atomic E-state index is 0.0513. The average Bonchev–Trinajstić information content (AvgIpc) is 3.47. The number of anilines is 1. The van der Waals surface area contributed by atoms with E-state index in [4.69, 9.17) is 4.74 Å². The maximum atomic E-state index is 14.4. The van der Waals surface area contributed by atoms with E-state index >= 15 is 0 Å². The van der Waals surface area contributed by atoms with Crippen molar-refractivity contribution in [3.05, 3.63) is 42.2 Å². The molecule has 1 aromatic carbocycles. The zero-order chi connectivity index (χ0) is 27.2. The largest absolute Gasteiger partial charge is 0.356 e. The van der Waals surface area contributed by atoms with Crippen molar-refractivity contribution in [2.45, 2.75) is 113 Å². The predicted molar refractivity (Wildman–Crippen MR) is 145 cm³/mol. The van der Waals surface area contributed by atoms with E-state index in [1.165, 1.54) is 37.1 Å². The number of nitrogens with one attached hydrogen (secondary N) is 2. The van der Waals surface area contributed by atoms with Gasteiger partial charge >= 0.3 is 0 Å². The summed E-state index contributed by atoms with van der Waals surface area (Å²) in [7, 11) is 0. The normalized spacial score (nSPS) is 35.0. The summed E-state index contributed by atoms with van der Waals surface area (Å²) in [5.41, 5.74) is -1.74. The maximum Gasteiger partial charge on any atom is 0.246 e. The fraction of sp³-hybridized carbons (Fsp3) is 0.645. The van der Waals surface area contributed by atoms with Gasteiger partial charge in [0.05, 0.1) is 17.4 Å². The molecule has 3 heterocycles. The van der Waals surface area contributed by atoms with E-state index in [2.05, 4.69) is 10.6 Å². The van der Waals surface area contributed by atoms with Gasteiger partial charge in [-0.3, -0.25) is 14.4 Å². The Hall–Kier alpha value is -2.74. The zero-order valence-electron chi connectivity index (χ0n) is 22.8. The lowest BCUT2D eigenvalue weighted by atomic mass is 9.70. The maximum absolute atomic E-state index is 14.4. The molecular formula is C31H40FN3O4. The summed E-state index contributed by atoms with van der Waals surface area (Å²) in [5.74, 6) is -2.65. The van der Waals surface area contributed by atoms with Crippen molar-refractivity contribution in [1.82, 2.24) is 10.2 Å². The number of carbonyl (C=O) groups is 3. The standard InChI is InChI=1S/C31H40FN3O4/c1-30-18-19-31(39-30)25(24(30)27(36)33-22-16-14-20(32)15-17-22)29(38)35(23-12-8-3-2-4-9-13-23)26(31)28(37)34-21-10-6-5-7-11-21/h14-19,21,23-26H,2-13H2,1H3,(H,33,36)(H,34,37)/t24?,25-,26?,30-,31?/m0/s1. The van der Waals surface area contributed by atoms with Gasteiger partial charge in [0.15, 0.2) is 0 Å². The molecule has 1 spiro atoms. The highest BCUT2D eigenvalue weighted by molar-refractivity contribution is 6.03. The molecule has 6 rings (SSSR count). The van der Waals surface area contributed by atoms with Crippen molar-refractivity contribution in [1.29, 1.82) is 0 Å². The second kappa shape index (κ2) is 10.3. The number of ether oxygens (including phenoxy) is 1. The van der Waals surface area contributed by atoms with Crippen molar-refractivity contribution in [3.8, 4) is 0 Å². The first-order valence-electron chi connectivity index (χ1n) is 14.9. The Labute approximate surface area is 229 Å². The van der Waals surface area contributed by atoms with Crippen LogP contribution in [-0.4, -0.2) is 51.9 Å². The molecule has 5 atom stereocenters. The van der Waals surface area contributed by atoms with Gasteiger partial charge in [0.25, 0.3) is 0 Å². The number of likely N-dealkylation sites (tertiary alicyclic amines) is 1. The summed E-state index contributed by atoms with van der Waals surface area (Å²) in [5, 5.41) is 6.17. The van der Waals surface area contributed by atoms with Crippen molar-refractivity contribution < 1.29 is 23.5 Å². The number of amides is 3. The van der Waals surface area contributed by atoms with Gasteiger partial charge in [-0.2, -0.15) is 0 Å². The molecule has 0 radical (unpaired) electrons. The van der Waals surface area contributed by atoms with Crippen LogP contribution in [0.2, 0.25) is 0 Å². The van der Waals surface area contributed by atoms with Crippen molar-refractivity contribution in [3.63, 3.8) is 0 Å². The SMILES string of the molecule is C[C@@]12C=CC3(O1)C(C(=O)NC1CCCCC1)N(C1CCCCCCC1)C(=O)[C@@H]3C2C(=O)Nc1ccc(F)cc1. The summed E-state index contributed by atoms with van der Waals surface area (Å²) in [6, 6.07) is 4.84. The molecule has 5 aliphatic rings. The lowest BCUT2D eigenvalue weighted by molar-refractivity contribution is -0.147. The molecule has 4 fully saturated rings. The Bertz CT molecular complexity index is 1140. The van der Waals surface area contributed by atoms with Crippen LogP contribution in [0, 0.1) is 17.7 Å². The number of fused-ring (bicyclic) bond motifs is 1. The van der Waals surface area contributed by atoms with Crippen LogP contribution in [0.5, 0.6) is 0 Å². The first kappa shape index (κ1) is 26.5. The molecule has 1 aromatic rings. The van der Waals surface area contributed by atoms with Gasteiger partial charge in [-0.05, 0) is 56.9 Å². The van der Waals surface area contributed by atoms with Gasteiger partial charge in [-0.15, -0.1) is 0 Å². The second-order valence-corrected chi connectivity index (χ2v) is 12.4. The average molecular weight is 538 g/mol. The molecule has 3 amide bonds. The topological polar surface area (TPSA) is 87.7 Å². The van der Waals surface area contributed by atoms with Crippen LogP contribution < -0.4 is 10.6 Å². The highest BCUT2D eigenvalue weighted by Gasteiger charge is 2.76.